The molecule has 0 fully saturated rings. The average molecular weight is 614 g/mol. The number of carbonyl (C=O) groups excluding carboxylic acids is 2. The molecule has 0 bridgehead atoms. The molecule has 2 N–H and O–H groups in total. The number of nitro benzene ring substituents is 1. The van der Waals surface area contributed by atoms with Crippen molar-refractivity contribution >= 4 is 28.9 Å². The molecule has 45 heavy (non-hydrogen) atoms. The van der Waals surface area contributed by atoms with Crippen LogP contribution in [0.4, 0.5) is 17.1 Å². The number of carbonyl (C=O) groups is 2. The van der Waals surface area contributed by atoms with Crippen LogP contribution >= 0.6 is 0 Å². The number of nitro groups is 1. The molecule has 5 rings (SSSR count). The fourth-order valence-electron chi connectivity index (χ4n) is 5.04. The lowest BCUT2D eigenvalue weighted by molar-refractivity contribution is -0.384. The first-order chi connectivity index (χ1) is 21.4. The molecule has 1 heterocycles. The van der Waals surface area contributed by atoms with Crippen molar-refractivity contribution in [3.63, 3.8) is 0 Å². The smallest absolute Gasteiger partial charge is 0.343 e. The Hall–Kier alpha value is -5.42. The van der Waals surface area contributed by atoms with E-state index in [0.717, 1.165) is 16.8 Å². The van der Waals surface area contributed by atoms with Gasteiger partial charge in [0.15, 0.2) is 0 Å². The number of anilines is 2. The third-order valence-corrected chi connectivity index (χ3v) is 7.27. The normalized spacial score (nSPS) is 13.0. The lowest BCUT2D eigenvalue weighted by Gasteiger charge is -2.39. The molecule has 11 heteroatoms. The monoisotopic (exact) mass is 613 g/mol. The summed E-state index contributed by atoms with van der Waals surface area (Å²) in [4.78, 5) is 36.7. The molecule has 0 aliphatic carbocycles. The van der Waals surface area contributed by atoms with Gasteiger partial charge in [-0.05, 0) is 68.8 Å². The van der Waals surface area contributed by atoms with E-state index < -0.39 is 16.4 Å². The second-order valence-electron chi connectivity index (χ2n) is 10.8. The zero-order valence-corrected chi connectivity index (χ0v) is 25.9. The van der Waals surface area contributed by atoms with Crippen LogP contribution in [0.3, 0.4) is 0 Å². The highest BCUT2D eigenvalue weighted by atomic mass is 16.6. The van der Waals surface area contributed by atoms with Crippen LogP contribution in [-0.4, -0.2) is 48.7 Å². The molecular formula is C34H35N3O8. The molecule has 0 saturated carbocycles. The molecule has 11 nitrogen and oxygen atoms in total. The maximum Gasteiger partial charge on any atom is 0.343 e. The number of likely N-dealkylation sites (N-methyl/N-ethyl adjacent to an activating group) is 1. The van der Waals surface area contributed by atoms with Crippen molar-refractivity contribution in [3.05, 3.63) is 106 Å². The van der Waals surface area contributed by atoms with Crippen molar-refractivity contribution in [2.24, 2.45) is 0 Å². The summed E-state index contributed by atoms with van der Waals surface area (Å²) < 4.78 is 16.0. The summed E-state index contributed by atoms with van der Waals surface area (Å²) in [7, 11) is 4.75. The van der Waals surface area contributed by atoms with E-state index >= 15 is 0 Å². The Balaban J connectivity index is 0.000000354. The van der Waals surface area contributed by atoms with Crippen LogP contribution < -0.4 is 24.4 Å². The summed E-state index contributed by atoms with van der Waals surface area (Å²) in [6.07, 6.45) is 0. The summed E-state index contributed by atoms with van der Waals surface area (Å²) in [5.41, 5.74) is 4.16. The van der Waals surface area contributed by atoms with Gasteiger partial charge in [-0.2, -0.15) is 0 Å². The van der Waals surface area contributed by atoms with E-state index in [0.29, 0.717) is 39.6 Å². The van der Waals surface area contributed by atoms with Crippen molar-refractivity contribution in [2.75, 3.05) is 31.5 Å². The first-order valence-electron chi connectivity index (χ1n) is 14.0. The predicted octanol–water partition coefficient (Wildman–Crippen LogP) is 6.15. The van der Waals surface area contributed by atoms with Gasteiger partial charge in [-0.15, -0.1) is 0 Å². The fourth-order valence-corrected chi connectivity index (χ4v) is 5.04. The highest BCUT2D eigenvalue weighted by Gasteiger charge is 2.38. The number of hydrogen-bond acceptors (Lipinski definition) is 9. The van der Waals surface area contributed by atoms with E-state index in [1.807, 2.05) is 39.0 Å². The molecule has 0 spiro atoms. The van der Waals surface area contributed by atoms with Crippen LogP contribution in [0.2, 0.25) is 0 Å². The van der Waals surface area contributed by atoms with E-state index in [2.05, 4.69) is 5.32 Å². The third-order valence-electron chi connectivity index (χ3n) is 7.27. The van der Waals surface area contributed by atoms with Gasteiger partial charge in [0.2, 0.25) is 0 Å². The first kappa shape index (κ1) is 32.5. The number of non-ortho nitro benzene ring substituents is 1. The van der Waals surface area contributed by atoms with Crippen molar-refractivity contribution in [2.45, 2.75) is 32.9 Å². The van der Waals surface area contributed by atoms with Gasteiger partial charge in [0, 0.05) is 36.4 Å². The fraction of sp³-hybridized carbons (Fsp3) is 0.235. The SMILES string of the molecule is COc1cc(OC(=O)c2cccc(C)c2)ccc1-c1ccc2c(c1CO)N(C)C(=O)C(C)(C)N2.COc1ccc([N+](=O)[O-])cc1. The largest absolute Gasteiger partial charge is 0.497 e. The van der Waals surface area contributed by atoms with Crippen LogP contribution in [-0.2, 0) is 11.4 Å². The molecule has 0 atom stereocenters. The number of esters is 1. The summed E-state index contributed by atoms with van der Waals surface area (Å²) in [6, 6.07) is 22.0. The van der Waals surface area contributed by atoms with E-state index in [9.17, 15) is 24.8 Å². The van der Waals surface area contributed by atoms with Gasteiger partial charge in [-0.1, -0.05) is 23.8 Å². The molecule has 0 aromatic heterocycles. The Kier molecular flexibility index (Phi) is 9.73. The second-order valence-corrected chi connectivity index (χ2v) is 10.8. The summed E-state index contributed by atoms with van der Waals surface area (Å²) >= 11 is 0. The number of aliphatic hydroxyl groups excluding tert-OH is 1. The molecule has 0 radical (unpaired) electrons. The van der Waals surface area contributed by atoms with Crippen LogP contribution in [0.5, 0.6) is 17.2 Å². The lowest BCUT2D eigenvalue weighted by Crippen LogP contribution is -2.52. The zero-order chi connectivity index (χ0) is 32.9. The number of aryl methyl sites for hydroxylation is 1. The molecule has 234 valence electrons. The first-order valence-corrected chi connectivity index (χ1v) is 14.0. The Morgan fingerprint density at radius 2 is 1.62 bits per heavy atom. The number of methoxy groups -OCH3 is 2. The Labute approximate surface area is 261 Å². The molecule has 1 aliphatic rings. The van der Waals surface area contributed by atoms with Gasteiger partial charge < -0.3 is 29.5 Å². The van der Waals surface area contributed by atoms with E-state index in [1.165, 1.54) is 26.4 Å². The number of rotatable bonds is 7. The topological polar surface area (TPSA) is 140 Å². The molecule has 0 saturated heterocycles. The summed E-state index contributed by atoms with van der Waals surface area (Å²) in [5, 5.41) is 23.7. The van der Waals surface area contributed by atoms with E-state index in [4.69, 9.17) is 14.2 Å². The molecule has 1 amide bonds. The van der Waals surface area contributed by atoms with Crippen LogP contribution in [0.25, 0.3) is 11.1 Å². The number of amides is 1. The van der Waals surface area contributed by atoms with Crippen LogP contribution in [0.1, 0.15) is 35.3 Å². The van der Waals surface area contributed by atoms with Gasteiger partial charge in [0.25, 0.3) is 11.6 Å². The van der Waals surface area contributed by atoms with Crippen LogP contribution in [0, 0.1) is 17.0 Å². The Bertz CT molecular complexity index is 1730. The quantitative estimate of drug-likeness (QED) is 0.109. The Morgan fingerprint density at radius 3 is 2.22 bits per heavy atom. The number of nitrogens with zero attached hydrogens (tertiary/aromatic N) is 2. The summed E-state index contributed by atoms with van der Waals surface area (Å²) in [5.74, 6) is 0.874. The number of benzene rings is 4. The minimum absolute atomic E-state index is 0.0748. The van der Waals surface area contributed by atoms with Gasteiger partial charge in [0.05, 0.1) is 42.7 Å². The van der Waals surface area contributed by atoms with Crippen molar-refractivity contribution < 1.29 is 33.8 Å². The molecular weight excluding hydrogens is 578 g/mol. The second kappa shape index (κ2) is 13.5. The minimum atomic E-state index is -0.753. The van der Waals surface area contributed by atoms with E-state index in [-0.39, 0.29) is 18.2 Å². The highest BCUT2D eigenvalue weighted by molar-refractivity contribution is 6.08. The number of hydrogen-bond donors (Lipinski definition) is 2. The van der Waals surface area contributed by atoms with Gasteiger partial charge in [-0.25, -0.2) is 4.79 Å². The standard InChI is InChI=1S/C27H28N2O5.C7H7NO3/c1-16-7-6-8-17(13-16)25(31)34-18-9-10-20(23(14-18)33-5)19-11-12-22-24(21(19)15-30)29(4)26(32)27(2,3)28-22;1-11-7-4-2-6(3-5-7)8(9)10/h6-14,28,30H,15H2,1-5H3;2-5H,1H3. The highest BCUT2D eigenvalue weighted by Crippen LogP contribution is 2.44. The summed E-state index contributed by atoms with van der Waals surface area (Å²) in [6.45, 7) is 5.28. The maximum absolute atomic E-state index is 12.8. The Morgan fingerprint density at radius 1 is 0.956 bits per heavy atom. The number of ether oxygens (including phenoxy) is 3. The zero-order valence-electron chi connectivity index (χ0n) is 25.9. The lowest BCUT2D eigenvalue weighted by atomic mass is 9.92. The van der Waals surface area contributed by atoms with Gasteiger partial charge in [-0.3, -0.25) is 14.9 Å². The molecule has 1 aliphatic heterocycles. The van der Waals surface area contributed by atoms with Crippen LogP contribution in [0.15, 0.2) is 78.9 Å². The molecule has 0 unspecified atom stereocenters. The maximum atomic E-state index is 12.8. The van der Waals surface area contributed by atoms with Crippen molar-refractivity contribution in [1.82, 2.24) is 0 Å². The van der Waals surface area contributed by atoms with Gasteiger partial charge in [0.1, 0.15) is 22.8 Å². The minimum Gasteiger partial charge on any atom is -0.497 e. The number of nitrogens with one attached hydrogen (secondary N) is 1. The number of aliphatic hydroxyl groups is 1. The number of fused-ring (bicyclic) bond motifs is 1. The predicted molar refractivity (Wildman–Crippen MR) is 171 cm³/mol. The van der Waals surface area contributed by atoms with Crippen molar-refractivity contribution in [3.8, 4) is 28.4 Å². The average Bonchev–Trinajstić information content (AvgIpc) is 3.03. The van der Waals surface area contributed by atoms with Crippen molar-refractivity contribution in [1.29, 1.82) is 0 Å². The molecule has 4 aromatic rings. The third kappa shape index (κ3) is 7.05. The van der Waals surface area contributed by atoms with E-state index in [1.54, 1.807) is 60.5 Å². The molecule has 4 aromatic carbocycles. The van der Waals surface area contributed by atoms with Gasteiger partial charge >= 0.3 is 5.97 Å².